The molecule has 0 radical (unpaired) electrons. The molecule has 0 unspecified atom stereocenters. The van der Waals surface area contributed by atoms with Crippen molar-refractivity contribution in [3.05, 3.63) is 46.3 Å². The molecule has 2 heterocycles. The number of hydrogen-bond donors (Lipinski definition) is 1. The molecule has 20 heavy (non-hydrogen) atoms. The van der Waals surface area contributed by atoms with Crippen molar-refractivity contribution in [2.45, 2.75) is 5.32 Å². The molecular weight excluding hydrogens is 325 g/mol. The Morgan fingerprint density at radius 1 is 1.30 bits per heavy atom. The van der Waals surface area contributed by atoms with E-state index in [1.54, 1.807) is 24.3 Å². The van der Waals surface area contributed by atoms with Crippen LogP contribution in [0.4, 0.5) is 0 Å². The van der Waals surface area contributed by atoms with Crippen molar-refractivity contribution in [2.24, 2.45) is 10.2 Å². The van der Waals surface area contributed by atoms with Gasteiger partial charge in [-0.3, -0.25) is 0 Å². The van der Waals surface area contributed by atoms with E-state index in [-0.39, 0.29) is 26.3 Å². The van der Waals surface area contributed by atoms with Crippen LogP contribution < -0.4 is 10.7 Å². The summed E-state index contributed by atoms with van der Waals surface area (Å²) in [4.78, 5) is 23.1. The zero-order valence-electron chi connectivity index (χ0n) is 10.2. The van der Waals surface area contributed by atoms with Gasteiger partial charge in [-0.25, -0.2) is 0 Å². The van der Waals surface area contributed by atoms with Gasteiger partial charge in [0.1, 0.15) is 0 Å². The average molecular weight is 334 g/mol. The number of nitrogens with zero attached hydrogens (tertiary/aromatic N) is 2. The molecule has 3 rings (SSSR count). The number of fused-ring (bicyclic) bond motifs is 1. The Balaban J connectivity index is 1.90. The molecule has 7 heteroatoms. The van der Waals surface area contributed by atoms with Gasteiger partial charge in [-0.1, -0.05) is 0 Å². The molecule has 100 valence electrons. The standard InChI is InChI=1S/C13H9N3O3Se/c17-11-7-20-13(15-11)16-14-5-8-6-19-10-4-2-1-3-9(10)12(8)18/h1-6H,7H2,(H,15,16,17)/b14-5+. The maximum atomic E-state index is 12.1. The second-order valence-corrected chi connectivity index (χ2v) is 6.03. The van der Waals surface area contributed by atoms with Gasteiger partial charge >= 0.3 is 119 Å². The van der Waals surface area contributed by atoms with Crippen LogP contribution in [0.15, 0.2) is 49.9 Å². The van der Waals surface area contributed by atoms with Gasteiger partial charge in [0.05, 0.1) is 0 Å². The van der Waals surface area contributed by atoms with E-state index in [4.69, 9.17) is 4.42 Å². The van der Waals surface area contributed by atoms with E-state index >= 15 is 0 Å². The number of carbonyl (C=O) groups is 1. The third kappa shape index (κ3) is 2.54. The molecule has 1 aliphatic rings. The van der Waals surface area contributed by atoms with Gasteiger partial charge in [0.15, 0.2) is 0 Å². The first-order chi connectivity index (χ1) is 9.74. The topological polar surface area (TPSA) is 84.0 Å². The first-order valence-corrected chi connectivity index (χ1v) is 7.85. The van der Waals surface area contributed by atoms with E-state index in [1.165, 1.54) is 12.5 Å². The number of para-hydroxylation sites is 1. The van der Waals surface area contributed by atoms with E-state index in [0.29, 0.717) is 26.6 Å². The molecule has 0 bridgehead atoms. The number of benzene rings is 1. The summed E-state index contributed by atoms with van der Waals surface area (Å²) >= 11 is 0.00246. The molecule has 0 spiro atoms. The number of amides is 1. The van der Waals surface area contributed by atoms with Crippen molar-refractivity contribution in [1.82, 2.24) is 5.32 Å². The Morgan fingerprint density at radius 3 is 2.95 bits per heavy atom. The van der Waals surface area contributed by atoms with E-state index in [9.17, 15) is 9.59 Å². The predicted octanol–water partition coefficient (Wildman–Crippen LogP) is 0.735. The van der Waals surface area contributed by atoms with Gasteiger partial charge < -0.3 is 0 Å². The van der Waals surface area contributed by atoms with Crippen molar-refractivity contribution < 1.29 is 9.21 Å². The van der Waals surface area contributed by atoms with Gasteiger partial charge in [-0.15, -0.1) is 0 Å². The number of nitrogens with one attached hydrogen (secondary N) is 1. The van der Waals surface area contributed by atoms with Crippen LogP contribution in [-0.2, 0) is 4.79 Å². The fourth-order valence-corrected chi connectivity index (χ4v) is 3.03. The molecule has 2 aromatic rings. The average Bonchev–Trinajstić information content (AvgIpc) is 2.87. The number of hydrogen-bond acceptors (Lipinski definition) is 5. The van der Waals surface area contributed by atoms with Crippen molar-refractivity contribution in [3.63, 3.8) is 0 Å². The number of amidine groups is 1. The van der Waals surface area contributed by atoms with E-state index in [0.717, 1.165) is 0 Å². The SMILES string of the molecule is O=C1C[Se]/C(=N\N=C\c2coc3ccccc3c2=O)N1. The van der Waals surface area contributed by atoms with Crippen LogP contribution in [0.5, 0.6) is 0 Å². The minimum absolute atomic E-state index is 0.00246. The zero-order valence-corrected chi connectivity index (χ0v) is 11.9. The van der Waals surface area contributed by atoms with Crippen molar-refractivity contribution in [1.29, 1.82) is 0 Å². The zero-order chi connectivity index (χ0) is 13.9. The molecule has 1 amide bonds. The van der Waals surface area contributed by atoms with Crippen LogP contribution in [0, 0.1) is 0 Å². The number of rotatable bonds is 2. The van der Waals surface area contributed by atoms with Crippen LogP contribution in [0.3, 0.4) is 0 Å². The molecule has 1 N–H and O–H groups in total. The summed E-state index contributed by atoms with van der Waals surface area (Å²) in [5, 5.41) is 11.3. The van der Waals surface area contributed by atoms with Gasteiger partial charge in [0, 0.05) is 0 Å². The van der Waals surface area contributed by atoms with Gasteiger partial charge in [0.2, 0.25) is 0 Å². The summed E-state index contributed by atoms with van der Waals surface area (Å²) in [6.07, 6.45) is 2.69. The van der Waals surface area contributed by atoms with Gasteiger partial charge in [-0.05, 0) is 0 Å². The summed E-state index contributed by atoms with van der Waals surface area (Å²) in [5.41, 5.74) is 0.703. The summed E-state index contributed by atoms with van der Waals surface area (Å²) in [7, 11) is 0. The van der Waals surface area contributed by atoms with Crippen LogP contribution in [0.1, 0.15) is 5.56 Å². The van der Waals surface area contributed by atoms with Crippen LogP contribution in [0.2, 0.25) is 5.32 Å². The van der Waals surface area contributed by atoms with Crippen molar-refractivity contribution in [2.75, 3.05) is 0 Å². The third-order valence-electron chi connectivity index (χ3n) is 2.64. The van der Waals surface area contributed by atoms with Crippen molar-refractivity contribution >= 4 is 42.8 Å². The molecule has 1 fully saturated rings. The fraction of sp³-hybridized carbons (Fsp3) is 0.0769. The second kappa shape index (κ2) is 5.40. The Morgan fingerprint density at radius 2 is 2.15 bits per heavy atom. The summed E-state index contributed by atoms with van der Waals surface area (Å²) in [6.45, 7) is 0. The maximum absolute atomic E-state index is 12.1. The van der Waals surface area contributed by atoms with Crippen LogP contribution in [-0.4, -0.2) is 31.8 Å². The monoisotopic (exact) mass is 335 g/mol. The Kier molecular flexibility index (Phi) is 3.45. The van der Waals surface area contributed by atoms with Crippen molar-refractivity contribution in [3.8, 4) is 0 Å². The molecule has 0 atom stereocenters. The molecule has 1 saturated heterocycles. The van der Waals surface area contributed by atoms with E-state index in [2.05, 4.69) is 15.5 Å². The summed E-state index contributed by atoms with van der Waals surface area (Å²) in [5.74, 6) is -0.0378. The third-order valence-corrected chi connectivity index (χ3v) is 4.45. The molecule has 0 saturated carbocycles. The Bertz CT molecular complexity index is 795. The fourth-order valence-electron chi connectivity index (χ4n) is 1.70. The quantitative estimate of drug-likeness (QED) is 0.499. The molecule has 1 aromatic heterocycles. The summed E-state index contributed by atoms with van der Waals surface area (Å²) in [6, 6.07) is 7.01. The van der Waals surface area contributed by atoms with Gasteiger partial charge in [0.25, 0.3) is 0 Å². The Hall–Kier alpha value is -2.24. The summed E-state index contributed by atoms with van der Waals surface area (Å²) < 4.78 is 5.93. The molecule has 6 nitrogen and oxygen atoms in total. The predicted molar refractivity (Wildman–Crippen MR) is 76.2 cm³/mol. The number of carbonyl (C=O) groups excluding carboxylic acids is 1. The van der Waals surface area contributed by atoms with Gasteiger partial charge in [-0.2, -0.15) is 0 Å². The molecular formula is C13H9N3O3Se. The molecule has 1 aromatic carbocycles. The first-order valence-electron chi connectivity index (χ1n) is 5.78. The van der Waals surface area contributed by atoms with Crippen LogP contribution >= 0.6 is 0 Å². The normalized spacial score (nSPS) is 17.2. The Labute approximate surface area is 119 Å². The second-order valence-electron chi connectivity index (χ2n) is 4.00. The van der Waals surface area contributed by atoms with E-state index in [1.807, 2.05) is 0 Å². The van der Waals surface area contributed by atoms with E-state index < -0.39 is 0 Å². The first kappa shape index (κ1) is 12.8. The van der Waals surface area contributed by atoms with Crippen LogP contribution in [0.25, 0.3) is 11.0 Å². The molecule has 1 aliphatic heterocycles. The minimum atomic E-state index is -0.156. The molecule has 0 aliphatic carbocycles.